The molecule has 1 aliphatic heterocycles. The molecule has 2 rings (SSSR count). The SMILES string of the molecule is O=C(COC(=O)c1ccc(Br)cc1)N[C@@H]1CCS(=O)(=O)C1. The first-order valence-electron chi connectivity index (χ1n) is 6.28. The molecule has 0 aliphatic carbocycles. The molecule has 114 valence electrons. The summed E-state index contributed by atoms with van der Waals surface area (Å²) in [6.07, 6.45) is 0.398. The van der Waals surface area contributed by atoms with Crippen LogP contribution in [0.25, 0.3) is 0 Å². The predicted molar refractivity (Wildman–Crippen MR) is 79.6 cm³/mol. The highest BCUT2D eigenvalue weighted by molar-refractivity contribution is 9.10. The van der Waals surface area contributed by atoms with Crippen LogP contribution in [0.3, 0.4) is 0 Å². The normalized spacial score (nSPS) is 20.0. The fourth-order valence-electron chi connectivity index (χ4n) is 1.98. The number of hydrogen-bond acceptors (Lipinski definition) is 5. The molecule has 8 heteroatoms. The van der Waals surface area contributed by atoms with Crippen LogP contribution >= 0.6 is 15.9 Å². The van der Waals surface area contributed by atoms with Crippen molar-refractivity contribution in [2.75, 3.05) is 18.1 Å². The summed E-state index contributed by atoms with van der Waals surface area (Å²) in [6, 6.07) is 6.15. The molecule has 1 saturated heterocycles. The van der Waals surface area contributed by atoms with E-state index >= 15 is 0 Å². The van der Waals surface area contributed by atoms with Crippen LogP contribution < -0.4 is 5.32 Å². The Morgan fingerprint density at radius 1 is 1.29 bits per heavy atom. The van der Waals surface area contributed by atoms with Crippen molar-refractivity contribution in [3.05, 3.63) is 34.3 Å². The zero-order chi connectivity index (χ0) is 15.5. The highest BCUT2D eigenvalue weighted by atomic mass is 79.9. The second kappa shape index (κ2) is 6.57. The molecule has 1 aromatic carbocycles. The maximum atomic E-state index is 11.7. The van der Waals surface area contributed by atoms with Gasteiger partial charge in [-0.25, -0.2) is 13.2 Å². The number of sulfone groups is 1. The first kappa shape index (κ1) is 16.0. The van der Waals surface area contributed by atoms with Crippen LogP contribution in [-0.4, -0.2) is 44.4 Å². The van der Waals surface area contributed by atoms with Crippen molar-refractivity contribution in [1.82, 2.24) is 5.32 Å². The van der Waals surface area contributed by atoms with Gasteiger partial charge in [-0.15, -0.1) is 0 Å². The van der Waals surface area contributed by atoms with Crippen LogP contribution in [0.5, 0.6) is 0 Å². The summed E-state index contributed by atoms with van der Waals surface area (Å²) in [5.41, 5.74) is 0.342. The summed E-state index contributed by atoms with van der Waals surface area (Å²) in [7, 11) is -3.05. The van der Waals surface area contributed by atoms with Gasteiger partial charge in [0.15, 0.2) is 16.4 Å². The number of benzene rings is 1. The molecule has 1 aliphatic rings. The smallest absolute Gasteiger partial charge is 0.338 e. The maximum absolute atomic E-state index is 11.7. The second-order valence-corrected chi connectivity index (χ2v) is 7.89. The standard InChI is InChI=1S/C13H14BrNO5S/c14-10-3-1-9(2-4-10)13(17)20-7-12(16)15-11-5-6-21(18,19)8-11/h1-4,11H,5-8H2,(H,15,16)/t11-/m1/s1. The van der Waals surface area contributed by atoms with Gasteiger partial charge in [0.2, 0.25) is 0 Å². The minimum Gasteiger partial charge on any atom is -0.452 e. The van der Waals surface area contributed by atoms with Crippen molar-refractivity contribution in [2.45, 2.75) is 12.5 Å². The molecule has 21 heavy (non-hydrogen) atoms. The Hall–Kier alpha value is -1.41. The van der Waals surface area contributed by atoms with E-state index in [1.807, 2.05) is 0 Å². The van der Waals surface area contributed by atoms with E-state index in [1.54, 1.807) is 24.3 Å². The van der Waals surface area contributed by atoms with Gasteiger partial charge in [-0.05, 0) is 30.7 Å². The fourth-order valence-corrected chi connectivity index (χ4v) is 3.92. The van der Waals surface area contributed by atoms with E-state index in [0.29, 0.717) is 12.0 Å². The molecule has 0 spiro atoms. The number of halogens is 1. The average molecular weight is 376 g/mol. The molecule has 0 unspecified atom stereocenters. The number of carbonyl (C=O) groups excluding carboxylic acids is 2. The van der Waals surface area contributed by atoms with Crippen LogP contribution in [0, 0.1) is 0 Å². The number of ether oxygens (including phenoxy) is 1. The molecule has 1 aromatic rings. The van der Waals surface area contributed by atoms with Crippen LogP contribution in [0.1, 0.15) is 16.8 Å². The summed E-state index contributed by atoms with van der Waals surface area (Å²) in [5, 5.41) is 2.55. The van der Waals surface area contributed by atoms with E-state index < -0.39 is 34.4 Å². The van der Waals surface area contributed by atoms with E-state index in [4.69, 9.17) is 4.74 Å². The van der Waals surface area contributed by atoms with Crippen molar-refractivity contribution in [2.24, 2.45) is 0 Å². The van der Waals surface area contributed by atoms with Gasteiger partial charge in [-0.2, -0.15) is 0 Å². The van der Waals surface area contributed by atoms with E-state index in [2.05, 4.69) is 21.2 Å². The van der Waals surface area contributed by atoms with E-state index in [0.717, 1.165) is 4.47 Å². The molecule has 1 atom stereocenters. The summed E-state index contributed by atoms with van der Waals surface area (Å²) >= 11 is 3.25. The van der Waals surface area contributed by atoms with E-state index in [9.17, 15) is 18.0 Å². The number of hydrogen-bond donors (Lipinski definition) is 1. The van der Waals surface area contributed by atoms with Crippen molar-refractivity contribution < 1.29 is 22.7 Å². The van der Waals surface area contributed by atoms with Crippen molar-refractivity contribution in [3.8, 4) is 0 Å². The molecular weight excluding hydrogens is 362 g/mol. The molecule has 0 radical (unpaired) electrons. The quantitative estimate of drug-likeness (QED) is 0.789. The average Bonchev–Trinajstić information content (AvgIpc) is 2.76. The third-order valence-corrected chi connectivity index (χ3v) is 5.31. The Morgan fingerprint density at radius 3 is 2.52 bits per heavy atom. The Labute approximate surface area is 130 Å². The number of esters is 1. The molecular formula is C13H14BrNO5S. The van der Waals surface area contributed by atoms with Crippen LogP contribution in [0.4, 0.5) is 0 Å². The number of amides is 1. The van der Waals surface area contributed by atoms with Gasteiger partial charge in [0, 0.05) is 10.5 Å². The van der Waals surface area contributed by atoms with E-state index in [-0.39, 0.29) is 11.5 Å². The van der Waals surface area contributed by atoms with Gasteiger partial charge < -0.3 is 10.1 Å². The lowest BCUT2D eigenvalue weighted by Crippen LogP contribution is -2.38. The third kappa shape index (κ3) is 4.82. The molecule has 1 N–H and O–H groups in total. The first-order chi connectivity index (χ1) is 9.85. The second-order valence-electron chi connectivity index (χ2n) is 4.75. The largest absolute Gasteiger partial charge is 0.452 e. The maximum Gasteiger partial charge on any atom is 0.338 e. The first-order valence-corrected chi connectivity index (χ1v) is 8.90. The van der Waals surface area contributed by atoms with Gasteiger partial charge in [0.25, 0.3) is 5.91 Å². The number of carbonyl (C=O) groups is 2. The number of nitrogens with one attached hydrogen (secondary N) is 1. The minimum atomic E-state index is -3.05. The van der Waals surface area contributed by atoms with Crippen molar-refractivity contribution >= 4 is 37.6 Å². The molecule has 1 heterocycles. The topological polar surface area (TPSA) is 89.5 Å². The lowest BCUT2D eigenvalue weighted by atomic mass is 10.2. The van der Waals surface area contributed by atoms with Crippen LogP contribution in [-0.2, 0) is 19.4 Å². The Bertz CT molecular complexity index is 641. The van der Waals surface area contributed by atoms with Gasteiger partial charge in [0.1, 0.15) is 0 Å². The zero-order valence-electron chi connectivity index (χ0n) is 11.0. The Balaban J connectivity index is 1.79. The summed E-state index contributed by atoms with van der Waals surface area (Å²) in [6.45, 7) is -0.425. The van der Waals surface area contributed by atoms with Crippen LogP contribution in [0.15, 0.2) is 28.7 Å². The van der Waals surface area contributed by atoms with Crippen molar-refractivity contribution in [1.29, 1.82) is 0 Å². The van der Waals surface area contributed by atoms with Gasteiger partial charge in [-0.3, -0.25) is 4.79 Å². The molecule has 0 aromatic heterocycles. The fraction of sp³-hybridized carbons (Fsp3) is 0.385. The minimum absolute atomic E-state index is 0.0562. The predicted octanol–water partition coefficient (Wildman–Crippen LogP) is 0.909. The third-order valence-electron chi connectivity index (χ3n) is 3.01. The van der Waals surface area contributed by atoms with Gasteiger partial charge >= 0.3 is 5.97 Å². The van der Waals surface area contributed by atoms with Gasteiger partial charge in [-0.1, -0.05) is 15.9 Å². The molecule has 1 fully saturated rings. The van der Waals surface area contributed by atoms with E-state index in [1.165, 1.54) is 0 Å². The lowest BCUT2D eigenvalue weighted by molar-refractivity contribution is -0.124. The van der Waals surface area contributed by atoms with Crippen molar-refractivity contribution in [3.63, 3.8) is 0 Å². The zero-order valence-corrected chi connectivity index (χ0v) is 13.4. The molecule has 6 nitrogen and oxygen atoms in total. The summed E-state index contributed by atoms with van der Waals surface area (Å²) < 4.78 is 28.2. The molecule has 0 bridgehead atoms. The lowest BCUT2D eigenvalue weighted by Gasteiger charge is -2.11. The Kier molecular flexibility index (Phi) is 5.00. The summed E-state index contributed by atoms with van der Waals surface area (Å²) in [5.74, 6) is -1.07. The number of rotatable bonds is 4. The monoisotopic (exact) mass is 375 g/mol. The molecule has 1 amide bonds. The summed E-state index contributed by atoms with van der Waals surface area (Å²) in [4.78, 5) is 23.3. The van der Waals surface area contributed by atoms with Crippen LogP contribution in [0.2, 0.25) is 0 Å². The highest BCUT2D eigenvalue weighted by Gasteiger charge is 2.29. The Morgan fingerprint density at radius 2 is 1.95 bits per heavy atom. The molecule has 0 saturated carbocycles. The highest BCUT2D eigenvalue weighted by Crippen LogP contribution is 2.12. The van der Waals surface area contributed by atoms with Gasteiger partial charge in [0.05, 0.1) is 17.1 Å².